The molecule has 0 aliphatic carbocycles. The fourth-order valence-electron chi connectivity index (χ4n) is 1.89. The van der Waals surface area contributed by atoms with Gasteiger partial charge in [-0.3, -0.25) is 14.4 Å². The van der Waals surface area contributed by atoms with Gasteiger partial charge in [0.15, 0.2) is 5.78 Å². The fraction of sp³-hybridized carbons (Fsp3) is 0.400. The number of halogens is 2. The molecule has 0 fully saturated rings. The Morgan fingerprint density at radius 1 is 1.18 bits per heavy atom. The normalized spacial score (nSPS) is 12.0. The molecule has 0 unspecified atom stereocenters. The maximum Gasteiger partial charge on any atom is 0.240 e. The number of primary amides is 1. The number of nitrogens with one attached hydrogen (secondary N) is 1. The summed E-state index contributed by atoms with van der Waals surface area (Å²) < 4.78 is 26.2. The molecular weight excluding hydrogens is 294 g/mol. The monoisotopic (exact) mass is 312 g/mol. The topological polar surface area (TPSA) is 89.3 Å². The number of benzene rings is 1. The van der Waals surface area contributed by atoms with Gasteiger partial charge in [0.05, 0.1) is 5.56 Å². The number of rotatable bonds is 7. The lowest BCUT2D eigenvalue weighted by molar-refractivity contribution is -0.128. The molecule has 0 aliphatic heterocycles. The Kier molecular flexibility index (Phi) is 6.15. The lowest BCUT2D eigenvalue weighted by Crippen LogP contribution is -2.47. The summed E-state index contributed by atoms with van der Waals surface area (Å²) in [4.78, 5) is 34.7. The Morgan fingerprint density at radius 2 is 1.82 bits per heavy atom. The minimum Gasteiger partial charge on any atom is -0.368 e. The molecule has 5 nitrogen and oxygen atoms in total. The molecule has 7 heteroatoms. The SMILES string of the molecule is CC(C)[C@@H](NC(=O)CCC(=O)c1ccc(F)cc1F)C(N)=O. The van der Waals surface area contributed by atoms with Gasteiger partial charge in [0.25, 0.3) is 0 Å². The van der Waals surface area contributed by atoms with E-state index in [4.69, 9.17) is 5.73 Å². The Labute approximate surface area is 126 Å². The molecule has 0 saturated carbocycles. The summed E-state index contributed by atoms with van der Waals surface area (Å²) in [7, 11) is 0. The molecule has 1 aromatic carbocycles. The van der Waals surface area contributed by atoms with Crippen LogP contribution in [0.1, 0.15) is 37.0 Å². The second-order valence-electron chi connectivity index (χ2n) is 5.24. The lowest BCUT2D eigenvalue weighted by Gasteiger charge is -2.18. The van der Waals surface area contributed by atoms with Gasteiger partial charge in [0.1, 0.15) is 17.7 Å². The van der Waals surface area contributed by atoms with Crippen LogP contribution in [0.4, 0.5) is 8.78 Å². The van der Waals surface area contributed by atoms with Crippen molar-refractivity contribution in [2.24, 2.45) is 11.7 Å². The number of hydrogen-bond donors (Lipinski definition) is 2. The van der Waals surface area contributed by atoms with Gasteiger partial charge in [0, 0.05) is 18.9 Å². The average molecular weight is 312 g/mol. The summed E-state index contributed by atoms with van der Waals surface area (Å²) in [6.45, 7) is 3.43. The van der Waals surface area contributed by atoms with E-state index in [0.29, 0.717) is 6.07 Å². The van der Waals surface area contributed by atoms with Crippen LogP contribution >= 0.6 is 0 Å². The number of amides is 2. The Balaban J connectivity index is 2.60. The first-order chi connectivity index (χ1) is 10.2. The number of nitrogens with two attached hydrogens (primary N) is 1. The van der Waals surface area contributed by atoms with Crippen molar-refractivity contribution in [2.75, 3.05) is 0 Å². The predicted molar refractivity (Wildman–Crippen MR) is 75.9 cm³/mol. The molecular formula is C15H18F2N2O3. The highest BCUT2D eigenvalue weighted by molar-refractivity contribution is 5.98. The van der Waals surface area contributed by atoms with Gasteiger partial charge in [-0.05, 0) is 18.1 Å². The van der Waals surface area contributed by atoms with Gasteiger partial charge in [-0.15, -0.1) is 0 Å². The largest absolute Gasteiger partial charge is 0.368 e. The quantitative estimate of drug-likeness (QED) is 0.749. The number of carbonyl (C=O) groups excluding carboxylic acids is 3. The zero-order valence-electron chi connectivity index (χ0n) is 12.4. The van der Waals surface area contributed by atoms with Gasteiger partial charge in [-0.25, -0.2) is 8.78 Å². The number of ketones is 1. The van der Waals surface area contributed by atoms with Crippen LogP contribution in [0.3, 0.4) is 0 Å². The molecule has 1 rings (SSSR count). The van der Waals surface area contributed by atoms with Crippen molar-refractivity contribution in [3.05, 3.63) is 35.4 Å². The summed E-state index contributed by atoms with van der Waals surface area (Å²) >= 11 is 0. The zero-order chi connectivity index (χ0) is 16.9. The van der Waals surface area contributed by atoms with E-state index < -0.39 is 35.3 Å². The maximum atomic E-state index is 13.4. The third-order valence-corrected chi connectivity index (χ3v) is 3.10. The van der Waals surface area contributed by atoms with Crippen molar-refractivity contribution in [3.8, 4) is 0 Å². The third-order valence-electron chi connectivity index (χ3n) is 3.10. The molecule has 1 atom stereocenters. The van der Waals surface area contributed by atoms with E-state index in [9.17, 15) is 23.2 Å². The van der Waals surface area contributed by atoms with Crippen molar-refractivity contribution in [3.63, 3.8) is 0 Å². The number of hydrogen-bond acceptors (Lipinski definition) is 3. The predicted octanol–water partition coefficient (Wildman–Crippen LogP) is 1.55. The van der Waals surface area contributed by atoms with Gasteiger partial charge in [-0.2, -0.15) is 0 Å². The van der Waals surface area contributed by atoms with Gasteiger partial charge in [-0.1, -0.05) is 13.8 Å². The molecule has 2 amide bonds. The van der Waals surface area contributed by atoms with Crippen molar-refractivity contribution in [1.82, 2.24) is 5.32 Å². The van der Waals surface area contributed by atoms with E-state index >= 15 is 0 Å². The van der Waals surface area contributed by atoms with Crippen LogP contribution in [0.2, 0.25) is 0 Å². The van der Waals surface area contributed by atoms with E-state index in [1.165, 1.54) is 0 Å². The molecule has 0 bridgehead atoms. The van der Waals surface area contributed by atoms with Crippen LogP contribution in [0.25, 0.3) is 0 Å². The molecule has 120 valence electrons. The molecule has 0 heterocycles. The molecule has 0 aromatic heterocycles. The Hall–Kier alpha value is -2.31. The van der Waals surface area contributed by atoms with Crippen LogP contribution in [0.15, 0.2) is 18.2 Å². The lowest BCUT2D eigenvalue weighted by atomic mass is 10.0. The van der Waals surface area contributed by atoms with Crippen LogP contribution in [-0.4, -0.2) is 23.6 Å². The Bertz CT molecular complexity index is 588. The van der Waals surface area contributed by atoms with Crippen LogP contribution in [0.5, 0.6) is 0 Å². The molecule has 0 aliphatic rings. The second-order valence-corrected chi connectivity index (χ2v) is 5.24. The summed E-state index contributed by atoms with van der Waals surface area (Å²) in [5.74, 6) is -3.76. The van der Waals surface area contributed by atoms with E-state index in [0.717, 1.165) is 12.1 Å². The van der Waals surface area contributed by atoms with E-state index in [2.05, 4.69) is 5.32 Å². The summed E-state index contributed by atoms with van der Waals surface area (Å²) in [5.41, 5.74) is 4.89. The highest BCUT2D eigenvalue weighted by Crippen LogP contribution is 2.13. The second kappa shape index (κ2) is 7.63. The van der Waals surface area contributed by atoms with Crippen molar-refractivity contribution in [1.29, 1.82) is 0 Å². The number of carbonyl (C=O) groups is 3. The maximum absolute atomic E-state index is 13.4. The first-order valence-electron chi connectivity index (χ1n) is 6.79. The van der Waals surface area contributed by atoms with Crippen molar-refractivity contribution < 1.29 is 23.2 Å². The molecule has 0 saturated heterocycles. The highest BCUT2D eigenvalue weighted by atomic mass is 19.1. The minimum atomic E-state index is -0.970. The summed E-state index contributed by atoms with van der Waals surface area (Å²) in [6, 6.07) is 1.78. The summed E-state index contributed by atoms with van der Waals surface area (Å²) in [5, 5.41) is 2.43. The van der Waals surface area contributed by atoms with E-state index in [1.54, 1.807) is 13.8 Å². The van der Waals surface area contributed by atoms with Crippen LogP contribution < -0.4 is 11.1 Å². The Morgan fingerprint density at radius 3 is 2.32 bits per heavy atom. The molecule has 0 radical (unpaired) electrons. The first kappa shape index (κ1) is 17.7. The first-order valence-corrected chi connectivity index (χ1v) is 6.79. The van der Waals surface area contributed by atoms with Crippen LogP contribution in [-0.2, 0) is 9.59 Å². The standard InChI is InChI=1S/C15H18F2N2O3/c1-8(2)14(15(18)22)19-13(21)6-5-12(20)10-4-3-9(16)7-11(10)17/h3-4,7-8,14H,5-6H2,1-2H3,(H2,18,22)(H,19,21)/t14-/m1/s1. The van der Waals surface area contributed by atoms with Crippen molar-refractivity contribution >= 4 is 17.6 Å². The average Bonchev–Trinajstić information content (AvgIpc) is 2.41. The molecule has 0 spiro atoms. The minimum absolute atomic E-state index is 0.188. The van der Waals surface area contributed by atoms with E-state index in [-0.39, 0.29) is 24.3 Å². The van der Waals surface area contributed by atoms with Gasteiger partial charge < -0.3 is 11.1 Å². The van der Waals surface area contributed by atoms with Crippen molar-refractivity contribution in [2.45, 2.75) is 32.7 Å². The van der Waals surface area contributed by atoms with Gasteiger partial charge >= 0.3 is 0 Å². The highest BCUT2D eigenvalue weighted by Gasteiger charge is 2.22. The smallest absolute Gasteiger partial charge is 0.240 e. The summed E-state index contributed by atoms with van der Waals surface area (Å²) in [6.07, 6.45) is -0.468. The molecule has 1 aromatic rings. The number of Topliss-reactive ketones (excluding diaryl/α,β-unsaturated/α-hetero) is 1. The van der Waals surface area contributed by atoms with Crippen LogP contribution in [0, 0.1) is 17.6 Å². The van der Waals surface area contributed by atoms with E-state index in [1.807, 2.05) is 0 Å². The van der Waals surface area contributed by atoms with Gasteiger partial charge in [0.2, 0.25) is 11.8 Å². The fourth-order valence-corrected chi connectivity index (χ4v) is 1.89. The zero-order valence-corrected chi connectivity index (χ0v) is 12.4. The molecule has 22 heavy (non-hydrogen) atoms. The third kappa shape index (κ3) is 4.91. The molecule has 3 N–H and O–H groups in total.